The van der Waals surface area contributed by atoms with Gasteiger partial charge in [0.05, 0.1) is 0 Å². The predicted octanol–water partition coefficient (Wildman–Crippen LogP) is 6.05. The minimum atomic E-state index is -0.515. The van der Waals surface area contributed by atoms with Crippen LogP contribution in [0.2, 0.25) is 0 Å². The first-order valence-corrected chi connectivity index (χ1v) is 9.67. The summed E-state index contributed by atoms with van der Waals surface area (Å²) in [5, 5.41) is 1.93. The summed E-state index contributed by atoms with van der Waals surface area (Å²) >= 11 is 0. The number of carbonyl (C=O) groups is 2. The number of hydrogen-bond donors (Lipinski definition) is 0. The van der Waals surface area contributed by atoms with Crippen molar-refractivity contribution < 1.29 is 23.5 Å². The largest absolute Gasteiger partial charge is 0.455 e. The smallest absolute Gasteiger partial charge is 0.335 e. The Kier molecular flexibility index (Phi) is 5.17. The molecule has 31 heavy (non-hydrogen) atoms. The third-order valence-electron chi connectivity index (χ3n) is 5.18. The highest BCUT2D eigenvalue weighted by molar-refractivity contribution is 6.08. The molecule has 5 heteroatoms. The van der Waals surface area contributed by atoms with Crippen LogP contribution < -0.4 is 9.47 Å². The SMILES string of the molecule is C=CC(=O)Oc1ccc(-c2ccc3c(oc4c(C)c(OC(=O)C=C)ccc43)c2C)cc1. The monoisotopic (exact) mass is 412 g/mol. The van der Waals surface area contributed by atoms with Crippen molar-refractivity contribution in [3.8, 4) is 22.6 Å². The Hall–Kier alpha value is -4.12. The summed E-state index contributed by atoms with van der Waals surface area (Å²) in [7, 11) is 0. The van der Waals surface area contributed by atoms with Crippen LogP contribution >= 0.6 is 0 Å². The standard InChI is InChI=1S/C26H20O5/c1-5-23(27)29-18-9-7-17(8-10-18)19-11-12-20-21-13-14-22(30-24(28)6-2)16(4)26(21)31-25(20)15(19)3/h5-14H,1-2H2,3-4H3. The zero-order valence-electron chi connectivity index (χ0n) is 17.2. The summed E-state index contributed by atoms with van der Waals surface area (Å²) in [6.45, 7) is 10.7. The second-order valence-electron chi connectivity index (χ2n) is 7.06. The first-order valence-electron chi connectivity index (χ1n) is 9.67. The molecule has 0 saturated carbocycles. The Balaban J connectivity index is 1.78. The van der Waals surface area contributed by atoms with Crippen LogP contribution in [-0.2, 0) is 9.59 Å². The number of ether oxygens (including phenoxy) is 2. The van der Waals surface area contributed by atoms with Crippen LogP contribution in [0.4, 0.5) is 0 Å². The van der Waals surface area contributed by atoms with E-state index >= 15 is 0 Å². The maximum atomic E-state index is 11.6. The van der Waals surface area contributed by atoms with E-state index in [1.807, 2.05) is 44.2 Å². The zero-order chi connectivity index (χ0) is 22.1. The van der Waals surface area contributed by atoms with Crippen molar-refractivity contribution >= 4 is 33.9 Å². The minimum absolute atomic E-state index is 0.444. The molecule has 0 radical (unpaired) electrons. The van der Waals surface area contributed by atoms with Crippen LogP contribution in [0.25, 0.3) is 33.1 Å². The summed E-state index contributed by atoms with van der Waals surface area (Å²) < 4.78 is 16.7. The van der Waals surface area contributed by atoms with Crippen molar-refractivity contribution in [2.45, 2.75) is 13.8 Å². The number of carbonyl (C=O) groups excluding carboxylic acids is 2. The van der Waals surface area contributed by atoms with Gasteiger partial charge in [0, 0.05) is 34.1 Å². The average Bonchev–Trinajstić information content (AvgIpc) is 3.17. The summed E-state index contributed by atoms with van der Waals surface area (Å²) in [4.78, 5) is 23.0. The van der Waals surface area contributed by atoms with Gasteiger partial charge in [-0.1, -0.05) is 31.4 Å². The van der Waals surface area contributed by atoms with E-state index < -0.39 is 11.9 Å². The molecule has 0 unspecified atom stereocenters. The summed E-state index contributed by atoms with van der Waals surface area (Å²) in [5.74, 6) is -0.118. The van der Waals surface area contributed by atoms with E-state index in [1.54, 1.807) is 18.2 Å². The molecule has 0 bridgehead atoms. The molecule has 0 aliphatic rings. The van der Waals surface area contributed by atoms with Gasteiger partial charge in [-0.25, -0.2) is 9.59 Å². The van der Waals surface area contributed by atoms with E-state index in [1.165, 1.54) is 0 Å². The van der Waals surface area contributed by atoms with Crippen molar-refractivity contribution in [1.29, 1.82) is 0 Å². The summed E-state index contributed by atoms with van der Waals surface area (Å²) in [6.07, 6.45) is 2.25. The molecule has 3 aromatic carbocycles. The van der Waals surface area contributed by atoms with Crippen LogP contribution in [0.15, 0.2) is 78.3 Å². The van der Waals surface area contributed by atoms with Crippen LogP contribution in [0, 0.1) is 13.8 Å². The fraction of sp³-hybridized carbons (Fsp3) is 0.0769. The van der Waals surface area contributed by atoms with Gasteiger partial charge in [0.1, 0.15) is 22.7 Å². The van der Waals surface area contributed by atoms with Gasteiger partial charge < -0.3 is 13.9 Å². The maximum absolute atomic E-state index is 11.6. The number of hydrogen-bond acceptors (Lipinski definition) is 5. The van der Waals surface area contributed by atoms with Crippen molar-refractivity contribution in [1.82, 2.24) is 0 Å². The number of aryl methyl sites for hydroxylation is 2. The second-order valence-corrected chi connectivity index (χ2v) is 7.06. The van der Waals surface area contributed by atoms with Crippen LogP contribution in [-0.4, -0.2) is 11.9 Å². The molecule has 4 aromatic rings. The third-order valence-corrected chi connectivity index (χ3v) is 5.18. The predicted molar refractivity (Wildman–Crippen MR) is 120 cm³/mol. The van der Waals surface area contributed by atoms with Gasteiger partial charge in [0.2, 0.25) is 0 Å². The highest BCUT2D eigenvalue weighted by Gasteiger charge is 2.17. The fourth-order valence-corrected chi connectivity index (χ4v) is 3.59. The molecule has 0 atom stereocenters. The number of fused-ring (bicyclic) bond motifs is 3. The zero-order valence-corrected chi connectivity index (χ0v) is 17.2. The maximum Gasteiger partial charge on any atom is 0.335 e. The number of benzene rings is 3. The highest BCUT2D eigenvalue weighted by Crippen LogP contribution is 2.39. The fourth-order valence-electron chi connectivity index (χ4n) is 3.59. The third kappa shape index (κ3) is 3.62. The minimum Gasteiger partial charge on any atom is -0.455 e. The topological polar surface area (TPSA) is 65.7 Å². The van der Waals surface area contributed by atoms with Crippen molar-refractivity contribution in [2.24, 2.45) is 0 Å². The van der Waals surface area contributed by atoms with Gasteiger partial charge in [0.25, 0.3) is 0 Å². The molecule has 5 nitrogen and oxygen atoms in total. The van der Waals surface area contributed by atoms with Crippen LogP contribution in [0.1, 0.15) is 11.1 Å². The first kappa shape index (κ1) is 20.2. The number of furan rings is 1. The molecule has 154 valence electrons. The molecule has 0 aliphatic heterocycles. The lowest BCUT2D eigenvalue weighted by atomic mass is 9.98. The molecule has 4 rings (SSSR count). The highest BCUT2D eigenvalue weighted by atomic mass is 16.5. The number of esters is 2. The lowest BCUT2D eigenvalue weighted by Gasteiger charge is -2.08. The van der Waals surface area contributed by atoms with Crippen LogP contribution in [0.5, 0.6) is 11.5 Å². The molecular weight excluding hydrogens is 392 g/mol. The molecule has 0 aliphatic carbocycles. The van der Waals surface area contributed by atoms with Gasteiger partial charge in [0.15, 0.2) is 0 Å². The van der Waals surface area contributed by atoms with Gasteiger partial charge in [-0.2, -0.15) is 0 Å². The van der Waals surface area contributed by atoms with Gasteiger partial charge in [-0.3, -0.25) is 0 Å². The molecule has 0 amide bonds. The molecule has 1 aromatic heterocycles. The molecule has 1 heterocycles. The van der Waals surface area contributed by atoms with E-state index in [4.69, 9.17) is 13.9 Å². The molecule has 0 fully saturated rings. The summed E-state index contributed by atoms with van der Waals surface area (Å²) in [5.41, 5.74) is 5.15. The number of rotatable bonds is 5. The first-order chi connectivity index (χ1) is 14.9. The van der Waals surface area contributed by atoms with E-state index in [-0.39, 0.29) is 0 Å². The quantitative estimate of drug-likeness (QED) is 0.227. The van der Waals surface area contributed by atoms with Gasteiger partial charge in [-0.15, -0.1) is 0 Å². The average molecular weight is 412 g/mol. The van der Waals surface area contributed by atoms with E-state index in [0.717, 1.165) is 50.8 Å². The molecule has 0 saturated heterocycles. The lowest BCUT2D eigenvalue weighted by molar-refractivity contribution is -0.129. The van der Waals surface area contributed by atoms with Gasteiger partial charge >= 0.3 is 11.9 Å². The Bertz CT molecular complexity index is 1360. The van der Waals surface area contributed by atoms with Crippen molar-refractivity contribution in [3.05, 3.63) is 85.0 Å². The van der Waals surface area contributed by atoms with Crippen molar-refractivity contribution in [2.75, 3.05) is 0 Å². The van der Waals surface area contributed by atoms with Crippen molar-refractivity contribution in [3.63, 3.8) is 0 Å². The van der Waals surface area contributed by atoms with E-state index in [9.17, 15) is 9.59 Å². The van der Waals surface area contributed by atoms with Gasteiger partial charge in [-0.05, 0) is 55.3 Å². The Morgan fingerprint density at radius 3 is 2.00 bits per heavy atom. The Morgan fingerprint density at radius 2 is 1.35 bits per heavy atom. The molecular formula is C26H20O5. The summed E-state index contributed by atoms with van der Waals surface area (Å²) in [6, 6.07) is 15.0. The van der Waals surface area contributed by atoms with Crippen LogP contribution in [0.3, 0.4) is 0 Å². The second kappa shape index (κ2) is 7.95. The lowest BCUT2D eigenvalue weighted by Crippen LogP contribution is -2.04. The Morgan fingerprint density at radius 1 is 0.774 bits per heavy atom. The Labute approximate surface area is 179 Å². The normalized spacial score (nSPS) is 10.8. The molecule has 0 spiro atoms. The molecule has 0 N–H and O–H groups in total. The van der Waals surface area contributed by atoms with E-state index in [0.29, 0.717) is 17.1 Å². The van der Waals surface area contributed by atoms with E-state index in [2.05, 4.69) is 13.2 Å².